The summed E-state index contributed by atoms with van der Waals surface area (Å²) >= 11 is 0. The van der Waals surface area contributed by atoms with Crippen LogP contribution < -0.4 is 25.0 Å². The minimum Gasteiger partial charge on any atom is -0.497 e. The van der Waals surface area contributed by atoms with Gasteiger partial charge in [-0.05, 0) is 35.9 Å². The van der Waals surface area contributed by atoms with Crippen LogP contribution in [0.4, 0.5) is 5.82 Å². The molecule has 1 atom stereocenters. The number of benzene rings is 2. The van der Waals surface area contributed by atoms with Crippen LogP contribution in [-0.2, 0) is 6.54 Å². The van der Waals surface area contributed by atoms with Crippen molar-refractivity contribution in [1.29, 1.82) is 0 Å². The highest BCUT2D eigenvalue weighted by Gasteiger charge is 2.22. The summed E-state index contributed by atoms with van der Waals surface area (Å²) in [5, 5.41) is 6.53. The Morgan fingerprint density at radius 1 is 1.12 bits per heavy atom. The number of carbonyl (C=O) groups is 1. The molecule has 0 radical (unpaired) electrons. The molecule has 1 aliphatic heterocycles. The molecule has 0 bridgehead atoms. The van der Waals surface area contributed by atoms with Crippen molar-refractivity contribution in [2.24, 2.45) is 0 Å². The van der Waals surface area contributed by atoms with Crippen LogP contribution in [0.3, 0.4) is 0 Å². The summed E-state index contributed by atoms with van der Waals surface area (Å²) in [6, 6.07) is 19.7. The van der Waals surface area contributed by atoms with E-state index in [1.165, 1.54) is 5.56 Å². The number of rotatable bonds is 7. The number of ether oxygens (including phenoxy) is 2. The van der Waals surface area contributed by atoms with Crippen LogP contribution >= 0.6 is 0 Å². The maximum atomic E-state index is 12.9. The second-order valence-corrected chi connectivity index (χ2v) is 7.63. The van der Waals surface area contributed by atoms with Gasteiger partial charge in [0.25, 0.3) is 5.91 Å². The summed E-state index contributed by atoms with van der Waals surface area (Å²) in [4.78, 5) is 19.6. The number of piperazine rings is 1. The van der Waals surface area contributed by atoms with Crippen molar-refractivity contribution >= 4 is 11.7 Å². The monoisotopic (exact) mass is 432 g/mol. The number of methoxy groups -OCH3 is 2. The van der Waals surface area contributed by atoms with Gasteiger partial charge in [-0.1, -0.05) is 30.3 Å². The van der Waals surface area contributed by atoms with Crippen molar-refractivity contribution < 1.29 is 14.3 Å². The lowest BCUT2D eigenvalue weighted by Crippen LogP contribution is -2.46. The second-order valence-electron chi connectivity index (χ2n) is 7.63. The first-order chi connectivity index (χ1) is 15.7. The fourth-order valence-electron chi connectivity index (χ4n) is 3.90. The van der Waals surface area contributed by atoms with Crippen LogP contribution in [0.1, 0.15) is 27.5 Å². The number of hydrogen-bond acceptors (Lipinski definition) is 6. The number of pyridine rings is 1. The van der Waals surface area contributed by atoms with Gasteiger partial charge in [0.15, 0.2) is 0 Å². The molecule has 0 spiro atoms. The maximum absolute atomic E-state index is 12.9. The lowest BCUT2D eigenvalue weighted by molar-refractivity contribution is 0.0950. The molecule has 4 rings (SSSR count). The largest absolute Gasteiger partial charge is 0.497 e. The van der Waals surface area contributed by atoms with Gasteiger partial charge >= 0.3 is 0 Å². The van der Waals surface area contributed by atoms with Crippen LogP contribution in [0, 0.1) is 0 Å². The molecule has 2 N–H and O–H groups in total. The van der Waals surface area contributed by atoms with Gasteiger partial charge in [-0.15, -0.1) is 0 Å². The topological polar surface area (TPSA) is 75.7 Å². The Morgan fingerprint density at radius 3 is 2.75 bits per heavy atom. The lowest BCUT2D eigenvalue weighted by Gasteiger charge is -2.34. The van der Waals surface area contributed by atoms with E-state index in [2.05, 4.69) is 44.8 Å². The van der Waals surface area contributed by atoms with E-state index in [4.69, 9.17) is 9.47 Å². The standard InChI is InChI=1S/C25H28N4O3/c1-31-21-8-9-23(32-2)20(14-21)16-28-25(30)19-10-11-27-24(15-19)29-13-12-26-22(17-29)18-6-4-3-5-7-18/h3-11,14-15,22,26H,12-13,16-17H2,1-2H3,(H,28,30)/t22-/m0/s1. The average Bonchev–Trinajstić information content (AvgIpc) is 2.87. The van der Waals surface area contributed by atoms with Gasteiger partial charge in [-0.2, -0.15) is 0 Å². The predicted octanol–water partition coefficient (Wildman–Crippen LogP) is 3.18. The van der Waals surface area contributed by atoms with Gasteiger partial charge in [0.2, 0.25) is 0 Å². The van der Waals surface area contributed by atoms with E-state index in [1.807, 2.05) is 30.3 Å². The van der Waals surface area contributed by atoms with E-state index in [0.717, 1.165) is 31.0 Å². The minimum atomic E-state index is -0.159. The Hall–Kier alpha value is -3.58. The smallest absolute Gasteiger partial charge is 0.251 e. The fourth-order valence-corrected chi connectivity index (χ4v) is 3.90. The summed E-state index contributed by atoms with van der Waals surface area (Å²) in [5.74, 6) is 2.06. The van der Waals surface area contributed by atoms with Gasteiger partial charge in [-0.25, -0.2) is 4.98 Å². The van der Waals surface area contributed by atoms with Crippen molar-refractivity contribution in [3.63, 3.8) is 0 Å². The number of aromatic nitrogens is 1. The van der Waals surface area contributed by atoms with Crippen LogP contribution in [0.2, 0.25) is 0 Å². The van der Waals surface area contributed by atoms with Crippen molar-refractivity contribution in [3.8, 4) is 11.5 Å². The summed E-state index contributed by atoms with van der Waals surface area (Å²) in [6.45, 7) is 2.82. The van der Waals surface area contributed by atoms with E-state index in [1.54, 1.807) is 26.5 Å². The van der Waals surface area contributed by atoms with Gasteiger partial charge < -0.3 is 25.0 Å². The first kappa shape index (κ1) is 21.6. The molecule has 32 heavy (non-hydrogen) atoms. The Bertz CT molecular complexity index is 1060. The molecule has 1 aromatic heterocycles. The van der Waals surface area contributed by atoms with Gasteiger partial charge in [-0.3, -0.25) is 4.79 Å². The quantitative estimate of drug-likeness (QED) is 0.597. The third-order valence-corrected chi connectivity index (χ3v) is 5.64. The molecule has 1 fully saturated rings. The zero-order chi connectivity index (χ0) is 22.3. The highest BCUT2D eigenvalue weighted by molar-refractivity contribution is 5.94. The first-order valence-electron chi connectivity index (χ1n) is 10.7. The number of nitrogens with zero attached hydrogens (tertiary/aromatic N) is 2. The maximum Gasteiger partial charge on any atom is 0.251 e. The molecule has 7 nitrogen and oxygen atoms in total. The molecule has 0 unspecified atom stereocenters. The minimum absolute atomic E-state index is 0.159. The molecule has 0 aliphatic carbocycles. The van der Waals surface area contributed by atoms with Crippen molar-refractivity contribution in [1.82, 2.24) is 15.6 Å². The molecular formula is C25H28N4O3. The van der Waals surface area contributed by atoms with Crippen LogP contribution in [-0.4, -0.2) is 44.7 Å². The molecule has 166 valence electrons. The molecule has 2 aromatic carbocycles. The Labute approximate surface area is 188 Å². The number of anilines is 1. The molecule has 0 saturated carbocycles. The van der Waals surface area contributed by atoms with Gasteiger partial charge in [0, 0.05) is 49.5 Å². The fraction of sp³-hybridized carbons (Fsp3) is 0.280. The normalized spacial score (nSPS) is 15.8. The first-order valence-corrected chi connectivity index (χ1v) is 10.7. The SMILES string of the molecule is COc1ccc(OC)c(CNC(=O)c2ccnc(N3CCN[C@H](c4ccccc4)C3)c2)c1. The molecular weight excluding hydrogens is 404 g/mol. The summed E-state index contributed by atoms with van der Waals surface area (Å²) < 4.78 is 10.7. The van der Waals surface area contributed by atoms with E-state index in [0.29, 0.717) is 23.6 Å². The lowest BCUT2D eigenvalue weighted by atomic mass is 10.0. The van der Waals surface area contributed by atoms with Gasteiger partial charge in [0.05, 0.1) is 14.2 Å². The van der Waals surface area contributed by atoms with Crippen LogP contribution in [0.5, 0.6) is 11.5 Å². The van der Waals surface area contributed by atoms with Crippen LogP contribution in [0.15, 0.2) is 66.9 Å². The van der Waals surface area contributed by atoms with Crippen molar-refractivity contribution in [2.45, 2.75) is 12.6 Å². The second kappa shape index (κ2) is 10.2. The summed E-state index contributed by atoms with van der Waals surface area (Å²) in [5.41, 5.74) is 2.67. The Morgan fingerprint density at radius 2 is 1.97 bits per heavy atom. The zero-order valence-electron chi connectivity index (χ0n) is 18.4. The number of carbonyl (C=O) groups excluding carboxylic acids is 1. The molecule has 1 aliphatic rings. The molecule has 3 aromatic rings. The Balaban J connectivity index is 1.44. The van der Waals surface area contributed by atoms with E-state index >= 15 is 0 Å². The number of hydrogen-bond donors (Lipinski definition) is 2. The highest BCUT2D eigenvalue weighted by Crippen LogP contribution is 2.24. The van der Waals surface area contributed by atoms with E-state index in [9.17, 15) is 4.79 Å². The van der Waals surface area contributed by atoms with Crippen LogP contribution in [0.25, 0.3) is 0 Å². The summed E-state index contributed by atoms with van der Waals surface area (Å²) in [7, 11) is 3.22. The third-order valence-electron chi connectivity index (χ3n) is 5.64. The molecule has 1 saturated heterocycles. The van der Waals surface area contributed by atoms with Gasteiger partial charge in [0.1, 0.15) is 17.3 Å². The number of nitrogens with one attached hydrogen (secondary N) is 2. The van der Waals surface area contributed by atoms with Crippen molar-refractivity contribution in [3.05, 3.63) is 83.6 Å². The third kappa shape index (κ3) is 5.00. The molecule has 7 heteroatoms. The summed E-state index contributed by atoms with van der Waals surface area (Å²) in [6.07, 6.45) is 1.69. The molecule has 2 heterocycles. The molecule has 1 amide bonds. The number of amides is 1. The predicted molar refractivity (Wildman–Crippen MR) is 124 cm³/mol. The zero-order valence-corrected chi connectivity index (χ0v) is 18.4. The van der Waals surface area contributed by atoms with E-state index in [-0.39, 0.29) is 11.9 Å². The highest BCUT2D eigenvalue weighted by atomic mass is 16.5. The average molecular weight is 433 g/mol. The Kier molecular flexibility index (Phi) is 6.87. The van der Waals surface area contributed by atoms with E-state index < -0.39 is 0 Å². The van der Waals surface area contributed by atoms with Crippen molar-refractivity contribution in [2.75, 3.05) is 38.8 Å².